The van der Waals surface area contributed by atoms with Crippen molar-refractivity contribution in [1.82, 2.24) is 10.2 Å². The van der Waals surface area contributed by atoms with Crippen LogP contribution in [0.4, 0.5) is 4.39 Å². The Morgan fingerprint density at radius 1 is 1.00 bits per heavy atom. The lowest BCUT2D eigenvalue weighted by Crippen LogP contribution is -2.41. The standard InChI is InChI=1S/C21H25FN2O3/c1-3-24(15-20(25)23-14-17-5-9-18(22)10-6-17)21(26)13-16-7-11-19(12-8-16)27-4-2/h5-12H,3-4,13-15H2,1-2H3,(H,23,25). The van der Waals surface area contributed by atoms with Crippen molar-refractivity contribution in [2.24, 2.45) is 0 Å². The molecule has 2 aromatic carbocycles. The molecule has 2 amide bonds. The van der Waals surface area contributed by atoms with Gasteiger partial charge in [-0.05, 0) is 49.2 Å². The van der Waals surface area contributed by atoms with Gasteiger partial charge in [0.25, 0.3) is 0 Å². The van der Waals surface area contributed by atoms with E-state index < -0.39 is 0 Å². The average molecular weight is 372 g/mol. The Balaban J connectivity index is 1.84. The summed E-state index contributed by atoms with van der Waals surface area (Å²) in [6, 6.07) is 13.3. The minimum Gasteiger partial charge on any atom is -0.494 e. The number of carbonyl (C=O) groups is 2. The highest BCUT2D eigenvalue weighted by molar-refractivity contribution is 5.85. The third-order valence-electron chi connectivity index (χ3n) is 4.06. The first-order valence-corrected chi connectivity index (χ1v) is 9.02. The number of amides is 2. The summed E-state index contributed by atoms with van der Waals surface area (Å²) in [7, 11) is 0. The van der Waals surface area contributed by atoms with Crippen molar-refractivity contribution in [3.63, 3.8) is 0 Å². The zero-order chi connectivity index (χ0) is 19.6. The number of carbonyl (C=O) groups excluding carboxylic acids is 2. The molecule has 6 heteroatoms. The minimum absolute atomic E-state index is 0.00639. The fourth-order valence-electron chi connectivity index (χ4n) is 2.57. The van der Waals surface area contributed by atoms with Gasteiger partial charge in [-0.15, -0.1) is 0 Å². The van der Waals surface area contributed by atoms with Gasteiger partial charge in [-0.25, -0.2) is 4.39 Å². The Morgan fingerprint density at radius 3 is 2.22 bits per heavy atom. The Morgan fingerprint density at radius 2 is 1.63 bits per heavy atom. The molecule has 0 unspecified atom stereocenters. The average Bonchev–Trinajstić information content (AvgIpc) is 2.67. The number of nitrogens with zero attached hydrogens (tertiary/aromatic N) is 1. The van der Waals surface area contributed by atoms with Gasteiger partial charge in [0.1, 0.15) is 11.6 Å². The van der Waals surface area contributed by atoms with E-state index in [1.807, 2.05) is 38.1 Å². The molecule has 0 aliphatic heterocycles. The van der Waals surface area contributed by atoms with Crippen LogP contribution in [0.3, 0.4) is 0 Å². The summed E-state index contributed by atoms with van der Waals surface area (Å²) in [6.45, 7) is 5.08. The number of benzene rings is 2. The molecule has 1 N–H and O–H groups in total. The molecule has 2 aromatic rings. The molecule has 0 spiro atoms. The van der Waals surface area contributed by atoms with E-state index in [0.29, 0.717) is 19.7 Å². The van der Waals surface area contributed by atoms with E-state index in [4.69, 9.17) is 4.74 Å². The van der Waals surface area contributed by atoms with Crippen LogP contribution in [0.15, 0.2) is 48.5 Å². The highest BCUT2D eigenvalue weighted by atomic mass is 19.1. The van der Waals surface area contributed by atoms with Crippen LogP contribution in [-0.4, -0.2) is 36.4 Å². The van der Waals surface area contributed by atoms with E-state index in [0.717, 1.165) is 16.9 Å². The van der Waals surface area contributed by atoms with Gasteiger partial charge in [-0.2, -0.15) is 0 Å². The van der Waals surface area contributed by atoms with Crippen LogP contribution in [0.1, 0.15) is 25.0 Å². The fraction of sp³-hybridized carbons (Fsp3) is 0.333. The monoisotopic (exact) mass is 372 g/mol. The molecule has 0 heterocycles. The summed E-state index contributed by atoms with van der Waals surface area (Å²) in [6.07, 6.45) is 0.228. The second-order valence-corrected chi connectivity index (χ2v) is 6.06. The van der Waals surface area contributed by atoms with Crippen LogP contribution in [0.2, 0.25) is 0 Å². The second-order valence-electron chi connectivity index (χ2n) is 6.06. The van der Waals surface area contributed by atoms with Crippen molar-refractivity contribution in [3.05, 3.63) is 65.5 Å². The van der Waals surface area contributed by atoms with Crippen molar-refractivity contribution < 1.29 is 18.7 Å². The summed E-state index contributed by atoms with van der Waals surface area (Å²) < 4.78 is 18.3. The molecule has 0 aliphatic rings. The number of ether oxygens (including phenoxy) is 1. The zero-order valence-electron chi connectivity index (χ0n) is 15.7. The van der Waals surface area contributed by atoms with Crippen LogP contribution in [0, 0.1) is 5.82 Å². The van der Waals surface area contributed by atoms with E-state index in [9.17, 15) is 14.0 Å². The number of likely N-dealkylation sites (N-methyl/N-ethyl adjacent to an activating group) is 1. The van der Waals surface area contributed by atoms with Gasteiger partial charge in [0, 0.05) is 13.1 Å². The van der Waals surface area contributed by atoms with Crippen molar-refractivity contribution in [2.75, 3.05) is 19.7 Å². The van der Waals surface area contributed by atoms with Gasteiger partial charge >= 0.3 is 0 Å². The first-order chi connectivity index (χ1) is 13.0. The van der Waals surface area contributed by atoms with Gasteiger partial charge < -0.3 is 15.0 Å². The molecule has 0 saturated heterocycles. The minimum atomic E-state index is -0.317. The smallest absolute Gasteiger partial charge is 0.239 e. The molecule has 0 atom stereocenters. The molecule has 0 saturated carbocycles. The quantitative estimate of drug-likeness (QED) is 0.736. The number of halogens is 1. The third-order valence-corrected chi connectivity index (χ3v) is 4.06. The molecule has 144 valence electrons. The van der Waals surface area contributed by atoms with Crippen molar-refractivity contribution in [3.8, 4) is 5.75 Å². The zero-order valence-corrected chi connectivity index (χ0v) is 15.7. The lowest BCUT2D eigenvalue weighted by Gasteiger charge is -2.20. The molecular weight excluding hydrogens is 347 g/mol. The van der Waals surface area contributed by atoms with Crippen LogP contribution < -0.4 is 10.1 Å². The largest absolute Gasteiger partial charge is 0.494 e. The predicted octanol–water partition coefficient (Wildman–Crippen LogP) is 2.93. The Hall–Kier alpha value is -2.89. The van der Waals surface area contributed by atoms with E-state index in [2.05, 4.69) is 5.32 Å². The Kier molecular flexibility index (Phi) is 7.79. The molecule has 0 fully saturated rings. The van der Waals surface area contributed by atoms with Crippen molar-refractivity contribution in [2.45, 2.75) is 26.8 Å². The first-order valence-electron chi connectivity index (χ1n) is 9.02. The molecule has 0 radical (unpaired) electrons. The lowest BCUT2D eigenvalue weighted by atomic mass is 10.1. The predicted molar refractivity (Wildman–Crippen MR) is 102 cm³/mol. The summed E-state index contributed by atoms with van der Waals surface area (Å²) in [5.41, 5.74) is 1.67. The van der Waals surface area contributed by atoms with Crippen molar-refractivity contribution >= 4 is 11.8 Å². The topological polar surface area (TPSA) is 58.6 Å². The molecule has 0 aliphatic carbocycles. The number of nitrogens with one attached hydrogen (secondary N) is 1. The highest BCUT2D eigenvalue weighted by Gasteiger charge is 2.16. The van der Waals surface area contributed by atoms with Crippen LogP contribution in [0.25, 0.3) is 0 Å². The van der Waals surface area contributed by atoms with E-state index in [-0.39, 0.29) is 30.6 Å². The summed E-state index contributed by atoms with van der Waals surface area (Å²) in [5.74, 6) is 0.0862. The Bertz CT molecular complexity index is 745. The molecule has 5 nitrogen and oxygen atoms in total. The number of hydrogen-bond acceptors (Lipinski definition) is 3. The molecule has 0 bridgehead atoms. The third kappa shape index (κ3) is 6.73. The number of hydrogen-bond donors (Lipinski definition) is 1. The second kappa shape index (κ2) is 10.3. The molecule has 27 heavy (non-hydrogen) atoms. The van der Waals surface area contributed by atoms with Gasteiger partial charge in [-0.3, -0.25) is 9.59 Å². The molecule has 2 rings (SSSR count). The number of rotatable bonds is 9. The molecular formula is C21H25FN2O3. The van der Waals surface area contributed by atoms with Crippen molar-refractivity contribution in [1.29, 1.82) is 0 Å². The molecule has 0 aromatic heterocycles. The Labute approximate surface area is 159 Å². The van der Waals surface area contributed by atoms with Gasteiger partial charge in [0.15, 0.2) is 0 Å². The summed E-state index contributed by atoms with van der Waals surface area (Å²) >= 11 is 0. The van der Waals surface area contributed by atoms with Gasteiger partial charge in [0.2, 0.25) is 11.8 Å². The van der Waals surface area contributed by atoms with Crippen LogP contribution in [-0.2, 0) is 22.6 Å². The van der Waals surface area contributed by atoms with E-state index in [1.54, 1.807) is 12.1 Å². The van der Waals surface area contributed by atoms with Crippen LogP contribution in [0.5, 0.6) is 5.75 Å². The maximum atomic E-state index is 12.9. The van der Waals surface area contributed by atoms with E-state index in [1.165, 1.54) is 17.0 Å². The van der Waals surface area contributed by atoms with Gasteiger partial charge in [0.05, 0.1) is 19.6 Å². The van der Waals surface area contributed by atoms with Gasteiger partial charge in [-0.1, -0.05) is 24.3 Å². The first kappa shape index (κ1) is 20.4. The normalized spacial score (nSPS) is 10.3. The lowest BCUT2D eigenvalue weighted by molar-refractivity contribution is -0.135. The SMILES string of the molecule is CCOc1ccc(CC(=O)N(CC)CC(=O)NCc2ccc(F)cc2)cc1. The van der Waals surface area contributed by atoms with Crippen LogP contribution >= 0.6 is 0 Å². The maximum absolute atomic E-state index is 12.9. The van der Waals surface area contributed by atoms with E-state index >= 15 is 0 Å². The fourth-order valence-corrected chi connectivity index (χ4v) is 2.57. The summed E-state index contributed by atoms with van der Waals surface area (Å²) in [4.78, 5) is 26.1. The summed E-state index contributed by atoms with van der Waals surface area (Å²) in [5, 5.41) is 2.75. The maximum Gasteiger partial charge on any atom is 0.239 e. The highest BCUT2D eigenvalue weighted by Crippen LogP contribution is 2.13.